The summed E-state index contributed by atoms with van der Waals surface area (Å²) in [6, 6.07) is 15.9. The molecule has 2 aromatic carbocycles. The van der Waals surface area contributed by atoms with E-state index in [1.54, 1.807) is 36.4 Å². The number of benzene rings is 2. The van der Waals surface area contributed by atoms with Gasteiger partial charge in [0.1, 0.15) is 0 Å². The van der Waals surface area contributed by atoms with Crippen LogP contribution in [0.15, 0.2) is 69.9 Å². The lowest BCUT2D eigenvalue weighted by atomic mass is 10.1. The van der Waals surface area contributed by atoms with Crippen molar-refractivity contribution in [3.05, 3.63) is 66.2 Å². The van der Waals surface area contributed by atoms with Crippen LogP contribution < -0.4 is 0 Å². The van der Waals surface area contributed by atoms with Gasteiger partial charge >= 0.3 is 5.51 Å². The zero-order valence-electron chi connectivity index (χ0n) is 10.9. The number of rotatable bonds is 3. The smallest absolute Gasteiger partial charge is 0.272 e. The molecule has 0 aliphatic carbocycles. The van der Waals surface area contributed by atoms with Crippen molar-refractivity contribution in [2.45, 2.75) is 16.8 Å². The number of amides is 1. The van der Waals surface area contributed by atoms with Crippen LogP contribution in [-0.2, 0) is 21.9 Å². The molecule has 21 heavy (non-hydrogen) atoms. The van der Waals surface area contributed by atoms with Gasteiger partial charge in [-0.25, -0.2) is 0 Å². The van der Waals surface area contributed by atoms with E-state index in [1.165, 1.54) is 24.3 Å². The Kier molecular flexibility index (Phi) is 4.90. The normalized spacial score (nSPS) is 13.1. The minimum absolute atomic E-state index is 0.00795. The van der Waals surface area contributed by atoms with Crippen LogP contribution in [0.25, 0.3) is 0 Å². The zero-order chi connectivity index (χ0) is 15.3. The van der Waals surface area contributed by atoms with Crippen molar-refractivity contribution in [1.29, 1.82) is 0 Å². The van der Waals surface area contributed by atoms with Gasteiger partial charge in [-0.2, -0.15) is 17.5 Å². The molecule has 2 rings (SSSR count). The minimum Gasteiger partial charge on any atom is -0.272 e. The maximum atomic E-state index is 13.1. The van der Waals surface area contributed by atoms with Gasteiger partial charge in [-0.15, -0.1) is 0 Å². The fourth-order valence-electron chi connectivity index (χ4n) is 1.69. The number of nitrogens with zero attached hydrogens (tertiary/aromatic N) is 1. The lowest BCUT2D eigenvalue weighted by molar-refractivity contribution is -0.117. The van der Waals surface area contributed by atoms with Crippen molar-refractivity contribution >= 4 is 16.6 Å². The number of halogens is 3. The van der Waals surface area contributed by atoms with Gasteiger partial charge in [-0.05, 0) is 17.7 Å². The summed E-state index contributed by atoms with van der Waals surface area (Å²) in [5, 5.41) is 0. The van der Waals surface area contributed by atoms with Crippen LogP contribution in [0.5, 0.6) is 0 Å². The molecular weight excluding hydrogens is 299 g/mol. The van der Waals surface area contributed by atoms with Crippen molar-refractivity contribution < 1.29 is 18.0 Å². The van der Waals surface area contributed by atoms with Gasteiger partial charge in [0.05, 0.1) is 6.42 Å². The van der Waals surface area contributed by atoms with Crippen LogP contribution in [0, 0.1) is 0 Å². The predicted molar refractivity (Wildman–Crippen MR) is 75.7 cm³/mol. The molecule has 0 bridgehead atoms. The highest BCUT2D eigenvalue weighted by Crippen LogP contribution is 2.28. The van der Waals surface area contributed by atoms with Crippen LogP contribution in [0.2, 0.25) is 0 Å². The third kappa shape index (κ3) is 4.53. The first-order valence-electron chi connectivity index (χ1n) is 6.11. The van der Waals surface area contributed by atoms with Gasteiger partial charge in [0.15, 0.2) is 0 Å². The van der Waals surface area contributed by atoms with E-state index >= 15 is 0 Å². The van der Waals surface area contributed by atoms with E-state index in [1.807, 2.05) is 0 Å². The van der Waals surface area contributed by atoms with E-state index in [0.29, 0.717) is 5.56 Å². The fourth-order valence-corrected chi connectivity index (χ4v) is 2.85. The molecule has 0 saturated carbocycles. The van der Waals surface area contributed by atoms with E-state index in [9.17, 15) is 18.0 Å². The molecule has 1 atom stereocenters. The third-order valence-corrected chi connectivity index (χ3v) is 4.12. The Bertz CT molecular complexity index is 639. The Morgan fingerprint density at radius 1 is 0.952 bits per heavy atom. The molecule has 0 radical (unpaired) electrons. The summed E-state index contributed by atoms with van der Waals surface area (Å²) in [6.45, 7) is 0. The van der Waals surface area contributed by atoms with E-state index in [4.69, 9.17) is 0 Å². The topological polar surface area (TPSA) is 29.4 Å². The summed E-state index contributed by atoms with van der Waals surface area (Å²) < 4.78 is 42.6. The summed E-state index contributed by atoms with van der Waals surface area (Å²) in [5.41, 5.74) is -3.92. The number of hydrogen-bond acceptors (Lipinski definition) is 1. The average Bonchev–Trinajstić information content (AvgIpc) is 2.45. The highest BCUT2D eigenvalue weighted by atomic mass is 32.2. The number of carbonyl (C=O) groups excluding carboxylic acids is 1. The molecule has 2 aromatic rings. The average molecular weight is 311 g/mol. The Labute approximate surface area is 122 Å². The van der Waals surface area contributed by atoms with E-state index in [2.05, 4.69) is 4.36 Å². The SMILES string of the molecule is O=C(Cc1ccccc1)N=S(c1ccccc1)C(F)(F)F. The second kappa shape index (κ2) is 6.67. The summed E-state index contributed by atoms with van der Waals surface area (Å²) >= 11 is 0. The Morgan fingerprint density at radius 2 is 1.48 bits per heavy atom. The van der Waals surface area contributed by atoms with Crippen LogP contribution in [0.1, 0.15) is 5.56 Å². The van der Waals surface area contributed by atoms with Gasteiger partial charge in [0.2, 0.25) is 0 Å². The monoisotopic (exact) mass is 311 g/mol. The molecule has 2 nitrogen and oxygen atoms in total. The van der Waals surface area contributed by atoms with Gasteiger partial charge in [0, 0.05) is 15.6 Å². The van der Waals surface area contributed by atoms with Crippen molar-refractivity contribution in [1.82, 2.24) is 0 Å². The molecular formula is C15H12F3NOS. The van der Waals surface area contributed by atoms with Crippen LogP contribution >= 0.6 is 0 Å². The lowest BCUT2D eigenvalue weighted by Crippen LogP contribution is -2.18. The molecule has 0 spiro atoms. The molecule has 6 heteroatoms. The van der Waals surface area contributed by atoms with Crippen LogP contribution in [0.4, 0.5) is 13.2 Å². The first-order chi connectivity index (χ1) is 9.97. The maximum Gasteiger partial charge on any atom is 0.457 e. The summed E-state index contributed by atoms with van der Waals surface area (Å²) in [5.74, 6) is -0.772. The molecule has 0 aliphatic rings. The quantitative estimate of drug-likeness (QED) is 0.838. The molecule has 1 unspecified atom stereocenters. The lowest BCUT2D eigenvalue weighted by Gasteiger charge is -2.11. The molecule has 0 fully saturated rings. The molecule has 0 aromatic heterocycles. The highest BCUT2D eigenvalue weighted by molar-refractivity contribution is 7.88. The number of hydrogen-bond donors (Lipinski definition) is 0. The summed E-state index contributed by atoms with van der Waals surface area (Å²) in [6.07, 6.45) is -0.132. The Morgan fingerprint density at radius 3 is 2.00 bits per heavy atom. The molecule has 110 valence electrons. The van der Waals surface area contributed by atoms with Crippen LogP contribution in [0.3, 0.4) is 0 Å². The second-order valence-electron chi connectivity index (χ2n) is 4.19. The fraction of sp³-hybridized carbons (Fsp3) is 0.133. The standard InChI is InChI=1S/C15H12F3NOS/c16-15(17,18)21(13-9-5-2-6-10-13)19-14(20)11-12-7-3-1-4-8-12/h1-10H,11H2. The molecule has 0 N–H and O–H groups in total. The molecule has 0 heterocycles. The predicted octanol–water partition coefficient (Wildman–Crippen LogP) is 4.14. The van der Waals surface area contributed by atoms with E-state index < -0.39 is 22.1 Å². The van der Waals surface area contributed by atoms with Gasteiger partial charge < -0.3 is 0 Å². The van der Waals surface area contributed by atoms with Gasteiger partial charge in [-0.3, -0.25) is 4.79 Å². The van der Waals surface area contributed by atoms with Crippen molar-refractivity contribution in [2.75, 3.05) is 0 Å². The number of alkyl halides is 3. The Balaban J connectivity index is 2.27. The summed E-state index contributed by atoms with van der Waals surface area (Å²) in [4.78, 5) is 11.8. The van der Waals surface area contributed by atoms with Crippen molar-refractivity contribution in [3.63, 3.8) is 0 Å². The van der Waals surface area contributed by atoms with Crippen molar-refractivity contribution in [3.8, 4) is 0 Å². The minimum atomic E-state index is -4.56. The van der Waals surface area contributed by atoms with E-state index in [0.717, 1.165) is 0 Å². The zero-order valence-corrected chi connectivity index (χ0v) is 11.7. The van der Waals surface area contributed by atoms with Crippen LogP contribution in [-0.4, -0.2) is 11.4 Å². The largest absolute Gasteiger partial charge is 0.457 e. The number of carbonyl (C=O) groups is 1. The van der Waals surface area contributed by atoms with E-state index in [-0.39, 0.29) is 11.3 Å². The maximum absolute atomic E-state index is 13.1. The second-order valence-corrected chi connectivity index (χ2v) is 5.88. The molecule has 0 saturated heterocycles. The third-order valence-electron chi connectivity index (χ3n) is 2.58. The Hall–Kier alpha value is -1.95. The van der Waals surface area contributed by atoms with Gasteiger partial charge in [0.25, 0.3) is 5.91 Å². The molecule has 1 amide bonds. The van der Waals surface area contributed by atoms with Crippen molar-refractivity contribution in [2.24, 2.45) is 4.36 Å². The first-order valence-corrected chi connectivity index (χ1v) is 7.30. The highest BCUT2D eigenvalue weighted by Gasteiger charge is 2.36. The first kappa shape index (κ1) is 15.4. The molecule has 0 aliphatic heterocycles. The van der Waals surface area contributed by atoms with Gasteiger partial charge in [-0.1, -0.05) is 48.5 Å². The summed E-state index contributed by atoms with van der Waals surface area (Å²) in [7, 11) is -2.43.